The molecule has 3 fully saturated rings. The molecule has 7 atom stereocenters. The molecule has 0 spiro atoms. The minimum Gasteiger partial charge on any atom is -0.497 e. The Morgan fingerprint density at radius 2 is 1.79 bits per heavy atom. The van der Waals surface area contributed by atoms with Gasteiger partial charge in [-0.2, -0.15) is 0 Å². The molecule has 0 saturated heterocycles. The maximum Gasteiger partial charge on any atom is 0.243 e. The summed E-state index contributed by atoms with van der Waals surface area (Å²) in [7, 11) is 1.67. The van der Waals surface area contributed by atoms with Crippen molar-refractivity contribution in [3.8, 4) is 5.75 Å². The molecule has 0 bridgehead atoms. The van der Waals surface area contributed by atoms with Crippen LogP contribution in [0, 0.1) is 34.5 Å². The second kappa shape index (κ2) is 8.13. The summed E-state index contributed by atoms with van der Waals surface area (Å²) in [5.74, 6) is 2.93. The monoisotopic (exact) mass is 464 g/mol. The van der Waals surface area contributed by atoms with E-state index in [1.165, 1.54) is 0 Å². The Kier molecular flexibility index (Phi) is 5.61. The van der Waals surface area contributed by atoms with Gasteiger partial charge in [-0.15, -0.1) is 0 Å². The van der Waals surface area contributed by atoms with Crippen LogP contribution in [-0.4, -0.2) is 25.0 Å². The van der Waals surface area contributed by atoms with Gasteiger partial charge in [-0.3, -0.25) is 9.59 Å². The van der Waals surface area contributed by atoms with E-state index in [2.05, 4.69) is 44.4 Å². The minimum absolute atomic E-state index is 0.0366. The first-order valence-corrected chi connectivity index (χ1v) is 13.0. The van der Waals surface area contributed by atoms with E-state index in [0.717, 1.165) is 49.8 Å². The molecule has 0 aromatic heterocycles. The molecule has 5 unspecified atom stereocenters. The first-order valence-electron chi connectivity index (χ1n) is 13.0. The maximum atomic E-state index is 13.7. The van der Waals surface area contributed by atoms with Crippen molar-refractivity contribution in [3.05, 3.63) is 42.0 Å². The van der Waals surface area contributed by atoms with Gasteiger partial charge in [-0.05, 0) is 99.3 Å². The molecule has 184 valence electrons. The van der Waals surface area contributed by atoms with E-state index in [0.29, 0.717) is 17.8 Å². The minimum atomic E-state index is -0.439. The first-order chi connectivity index (χ1) is 16.1. The zero-order valence-electron chi connectivity index (χ0n) is 21.3. The Balaban J connectivity index is 1.33. The quantitative estimate of drug-likeness (QED) is 0.662. The highest BCUT2D eigenvalue weighted by molar-refractivity contribution is 5.89. The molecule has 1 aliphatic heterocycles. The summed E-state index contributed by atoms with van der Waals surface area (Å²) in [5.41, 5.74) is 0.731. The average molecular weight is 465 g/mol. The van der Waals surface area contributed by atoms with Crippen molar-refractivity contribution in [2.45, 2.75) is 77.8 Å². The number of carbonyl (C=O) groups excluding carboxylic acids is 2. The van der Waals surface area contributed by atoms with E-state index >= 15 is 0 Å². The van der Waals surface area contributed by atoms with Crippen molar-refractivity contribution in [2.24, 2.45) is 34.5 Å². The van der Waals surface area contributed by atoms with Crippen molar-refractivity contribution in [2.75, 3.05) is 7.11 Å². The molecule has 5 nitrogen and oxygen atoms in total. The van der Waals surface area contributed by atoms with Crippen LogP contribution in [-0.2, 0) is 15.1 Å². The topological polar surface area (TPSA) is 67.4 Å². The third-order valence-electron chi connectivity index (χ3n) is 10.2. The van der Waals surface area contributed by atoms with Crippen LogP contribution < -0.4 is 15.4 Å². The molecule has 5 rings (SSSR count). The van der Waals surface area contributed by atoms with Crippen molar-refractivity contribution in [1.82, 2.24) is 10.6 Å². The fraction of sp³-hybridized carbons (Fsp3) is 0.655. The smallest absolute Gasteiger partial charge is 0.243 e. The van der Waals surface area contributed by atoms with Crippen molar-refractivity contribution < 1.29 is 14.3 Å². The Hall–Kier alpha value is -2.30. The van der Waals surface area contributed by atoms with Gasteiger partial charge in [0, 0.05) is 17.4 Å². The predicted molar refractivity (Wildman–Crippen MR) is 133 cm³/mol. The SMILES string of the molecule is COc1ccc(C(C)(C)NC(=O)C2CCC3C4CCC5NC(=O)C=C[C@]5(C)C4CC[C@]23C)cc1. The lowest BCUT2D eigenvalue weighted by Crippen LogP contribution is -2.59. The zero-order chi connectivity index (χ0) is 24.3. The molecule has 1 heterocycles. The van der Waals surface area contributed by atoms with Gasteiger partial charge in [0.05, 0.1) is 12.6 Å². The van der Waals surface area contributed by atoms with Gasteiger partial charge in [-0.25, -0.2) is 0 Å². The van der Waals surface area contributed by atoms with Crippen LogP contribution in [0.3, 0.4) is 0 Å². The Labute approximate surface area is 204 Å². The average Bonchev–Trinajstić information content (AvgIpc) is 3.16. The maximum absolute atomic E-state index is 13.7. The van der Waals surface area contributed by atoms with Crippen molar-refractivity contribution in [1.29, 1.82) is 0 Å². The summed E-state index contributed by atoms with van der Waals surface area (Å²) in [5, 5.41) is 6.64. The summed E-state index contributed by atoms with van der Waals surface area (Å²) in [4.78, 5) is 25.7. The second-order valence-corrected chi connectivity index (χ2v) is 12.2. The van der Waals surface area contributed by atoms with Gasteiger partial charge in [0.25, 0.3) is 0 Å². The predicted octanol–water partition coefficient (Wildman–Crippen LogP) is 4.96. The standard InChI is InChI=1S/C29H40N2O3/c1-27(2,18-6-8-19(34-5)9-7-18)31-26(33)23-12-11-21-20-10-13-24-29(4,17-15-25(32)30-24)22(20)14-16-28(21,23)3/h6-9,15,17,20-24H,10-14,16H2,1-5H3,(H,30,32)(H,31,33)/t20?,21?,22?,23?,24?,28-,29+/m0/s1. The summed E-state index contributed by atoms with van der Waals surface area (Å²) >= 11 is 0. The van der Waals surface area contributed by atoms with E-state index < -0.39 is 5.54 Å². The van der Waals surface area contributed by atoms with E-state index in [9.17, 15) is 9.59 Å². The molecule has 1 aromatic rings. The van der Waals surface area contributed by atoms with E-state index in [1.807, 2.05) is 24.3 Å². The van der Waals surface area contributed by atoms with Gasteiger partial charge >= 0.3 is 0 Å². The fourth-order valence-corrected chi connectivity index (χ4v) is 8.24. The number of hydrogen-bond acceptors (Lipinski definition) is 3. The summed E-state index contributed by atoms with van der Waals surface area (Å²) in [6, 6.07) is 8.24. The lowest BCUT2D eigenvalue weighted by Gasteiger charge is -2.58. The Bertz CT molecular complexity index is 999. The lowest BCUT2D eigenvalue weighted by molar-refractivity contribution is -0.135. The molecule has 3 saturated carbocycles. The molecule has 0 radical (unpaired) electrons. The van der Waals surface area contributed by atoms with Crippen molar-refractivity contribution in [3.63, 3.8) is 0 Å². The number of nitrogens with one attached hydrogen (secondary N) is 2. The number of fused-ring (bicyclic) bond motifs is 5. The van der Waals surface area contributed by atoms with Crippen LogP contribution in [0.1, 0.15) is 71.8 Å². The molecular formula is C29H40N2O3. The highest BCUT2D eigenvalue weighted by atomic mass is 16.5. The van der Waals surface area contributed by atoms with Gasteiger partial charge in [0.15, 0.2) is 0 Å². The van der Waals surface area contributed by atoms with Crippen LogP contribution in [0.25, 0.3) is 0 Å². The second-order valence-electron chi connectivity index (χ2n) is 12.2. The number of hydrogen-bond donors (Lipinski definition) is 2. The fourth-order valence-electron chi connectivity index (χ4n) is 8.24. The van der Waals surface area contributed by atoms with Gasteiger partial charge in [0.2, 0.25) is 11.8 Å². The third kappa shape index (κ3) is 3.58. The first kappa shape index (κ1) is 23.4. The summed E-state index contributed by atoms with van der Waals surface area (Å²) in [6.07, 6.45) is 10.5. The normalized spacial score (nSPS) is 38.9. The molecule has 2 N–H and O–H groups in total. The van der Waals surface area contributed by atoms with Gasteiger partial charge < -0.3 is 15.4 Å². The number of benzene rings is 1. The van der Waals surface area contributed by atoms with Crippen LogP contribution in [0.2, 0.25) is 0 Å². The number of carbonyl (C=O) groups is 2. The van der Waals surface area contributed by atoms with E-state index in [-0.39, 0.29) is 34.6 Å². The molecule has 2 amide bonds. The number of ether oxygens (including phenoxy) is 1. The van der Waals surface area contributed by atoms with Crippen LogP contribution in [0.4, 0.5) is 0 Å². The molecule has 3 aliphatic carbocycles. The zero-order valence-corrected chi connectivity index (χ0v) is 21.3. The van der Waals surface area contributed by atoms with Crippen molar-refractivity contribution >= 4 is 11.8 Å². The summed E-state index contributed by atoms with van der Waals surface area (Å²) in [6.45, 7) is 8.91. The molecule has 1 aromatic carbocycles. The van der Waals surface area contributed by atoms with Crippen LogP contribution in [0.5, 0.6) is 5.75 Å². The van der Waals surface area contributed by atoms with Gasteiger partial charge in [-0.1, -0.05) is 32.1 Å². The Morgan fingerprint density at radius 3 is 2.50 bits per heavy atom. The van der Waals surface area contributed by atoms with Gasteiger partial charge in [0.1, 0.15) is 5.75 Å². The number of amides is 2. The third-order valence-corrected chi connectivity index (χ3v) is 10.2. The molecule has 4 aliphatic rings. The van der Waals surface area contributed by atoms with Crippen LogP contribution >= 0.6 is 0 Å². The molecular weight excluding hydrogens is 424 g/mol. The Morgan fingerprint density at radius 1 is 1.06 bits per heavy atom. The van der Waals surface area contributed by atoms with E-state index in [1.54, 1.807) is 13.2 Å². The molecule has 5 heteroatoms. The lowest BCUT2D eigenvalue weighted by atomic mass is 9.48. The highest BCUT2D eigenvalue weighted by Crippen LogP contribution is 2.65. The van der Waals surface area contributed by atoms with Crippen LogP contribution in [0.15, 0.2) is 36.4 Å². The largest absolute Gasteiger partial charge is 0.497 e. The number of rotatable bonds is 4. The summed E-state index contributed by atoms with van der Waals surface area (Å²) < 4.78 is 5.29. The highest BCUT2D eigenvalue weighted by Gasteiger charge is 2.61. The number of methoxy groups -OCH3 is 1. The molecule has 34 heavy (non-hydrogen) atoms. The van der Waals surface area contributed by atoms with E-state index in [4.69, 9.17) is 4.74 Å².